The van der Waals surface area contributed by atoms with Gasteiger partial charge < -0.3 is 9.84 Å². The van der Waals surface area contributed by atoms with Crippen molar-refractivity contribution in [1.82, 2.24) is 0 Å². The summed E-state index contributed by atoms with van der Waals surface area (Å²) in [5.41, 5.74) is 0.184. The number of hydrogen-bond acceptors (Lipinski definition) is 3. The number of thiophene rings is 1. The van der Waals surface area contributed by atoms with Gasteiger partial charge in [-0.25, -0.2) is 4.79 Å². The fourth-order valence-corrected chi connectivity index (χ4v) is 2.51. The summed E-state index contributed by atoms with van der Waals surface area (Å²) in [7, 11) is 1.44. The van der Waals surface area contributed by atoms with E-state index in [4.69, 9.17) is 9.84 Å². The highest BCUT2D eigenvalue weighted by Gasteiger charge is 2.13. The number of carbonyl (C=O) groups is 1. The normalized spacial score (nSPS) is 11.7. The third kappa shape index (κ3) is 1.92. The zero-order valence-corrected chi connectivity index (χ0v) is 9.45. The van der Waals surface area contributed by atoms with E-state index in [0.29, 0.717) is 4.88 Å². The maximum atomic E-state index is 11.0. The first kappa shape index (κ1) is 10.7. The Balaban J connectivity index is 2.53. The summed E-state index contributed by atoms with van der Waals surface area (Å²) in [5, 5.41) is 10.1. The molecule has 1 aromatic carbocycles. The van der Waals surface area contributed by atoms with Gasteiger partial charge in [-0.2, -0.15) is 0 Å². The van der Waals surface area contributed by atoms with Crippen molar-refractivity contribution >= 4 is 33.0 Å². The third-order valence-electron chi connectivity index (χ3n) is 2.16. The Hall–Kier alpha value is -1.81. The van der Waals surface area contributed by atoms with Crippen LogP contribution in [-0.2, 0) is 9.53 Å². The summed E-state index contributed by atoms with van der Waals surface area (Å²) in [6.45, 7) is 0. The molecule has 4 heteroatoms. The van der Waals surface area contributed by atoms with Crippen LogP contribution in [0.5, 0.6) is 0 Å². The van der Waals surface area contributed by atoms with Gasteiger partial charge in [0, 0.05) is 9.58 Å². The largest absolute Gasteiger partial charge is 0.503 e. The average Bonchev–Trinajstić information content (AvgIpc) is 2.68. The molecule has 1 aromatic heterocycles. The molecule has 3 nitrogen and oxygen atoms in total. The van der Waals surface area contributed by atoms with Crippen LogP contribution in [0.4, 0.5) is 0 Å². The second kappa shape index (κ2) is 4.37. The second-order valence-corrected chi connectivity index (χ2v) is 4.30. The van der Waals surface area contributed by atoms with Crippen molar-refractivity contribution < 1.29 is 14.6 Å². The highest BCUT2D eigenvalue weighted by Crippen LogP contribution is 2.30. The lowest BCUT2D eigenvalue weighted by Gasteiger charge is -1.96. The van der Waals surface area contributed by atoms with Gasteiger partial charge in [0.2, 0.25) is 0 Å². The van der Waals surface area contributed by atoms with Gasteiger partial charge in [0.15, 0.2) is 0 Å². The first-order valence-corrected chi connectivity index (χ1v) is 5.49. The molecule has 82 valence electrons. The standard InChI is InChI=1S/C12H10O3S/c1-15-7-9(12(13)14)11-6-8-4-2-3-5-10(8)16-11/h2-7H,1H3,(H,13,14). The van der Waals surface area contributed by atoms with Crippen LogP contribution in [0.2, 0.25) is 0 Å². The molecule has 0 saturated carbocycles. The minimum Gasteiger partial charge on any atom is -0.503 e. The molecule has 2 rings (SSSR count). The summed E-state index contributed by atoms with van der Waals surface area (Å²) in [6, 6.07) is 9.65. The van der Waals surface area contributed by atoms with Gasteiger partial charge in [0.1, 0.15) is 5.57 Å². The fraction of sp³-hybridized carbons (Fsp3) is 0.0833. The molecule has 0 saturated heterocycles. The van der Waals surface area contributed by atoms with E-state index in [-0.39, 0.29) is 5.57 Å². The molecule has 0 radical (unpaired) electrons. The molecular formula is C12H10O3S. The molecule has 16 heavy (non-hydrogen) atoms. The van der Waals surface area contributed by atoms with Crippen molar-refractivity contribution in [2.45, 2.75) is 0 Å². The van der Waals surface area contributed by atoms with E-state index >= 15 is 0 Å². The van der Waals surface area contributed by atoms with E-state index in [0.717, 1.165) is 10.1 Å². The van der Waals surface area contributed by atoms with Crippen LogP contribution in [0, 0.1) is 0 Å². The molecule has 0 aliphatic heterocycles. The van der Waals surface area contributed by atoms with Crippen LogP contribution in [0.15, 0.2) is 36.6 Å². The van der Waals surface area contributed by atoms with Crippen LogP contribution < -0.4 is 0 Å². The number of benzene rings is 1. The smallest absolute Gasteiger partial charge is 0.340 e. The molecule has 0 aliphatic rings. The Morgan fingerprint density at radius 3 is 2.81 bits per heavy atom. The van der Waals surface area contributed by atoms with E-state index in [2.05, 4.69) is 0 Å². The predicted octanol–water partition coefficient (Wildman–Crippen LogP) is 2.97. The molecule has 0 fully saturated rings. The maximum Gasteiger partial charge on any atom is 0.340 e. The predicted molar refractivity (Wildman–Crippen MR) is 64.4 cm³/mol. The van der Waals surface area contributed by atoms with Gasteiger partial charge in [0.25, 0.3) is 0 Å². The van der Waals surface area contributed by atoms with Crippen LogP contribution in [0.3, 0.4) is 0 Å². The highest BCUT2D eigenvalue weighted by atomic mass is 32.1. The van der Waals surface area contributed by atoms with Gasteiger partial charge in [-0.15, -0.1) is 11.3 Å². The van der Waals surface area contributed by atoms with Crippen LogP contribution >= 0.6 is 11.3 Å². The number of methoxy groups -OCH3 is 1. The number of hydrogen-bond donors (Lipinski definition) is 1. The van der Waals surface area contributed by atoms with Crippen molar-refractivity contribution in [3.8, 4) is 0 Å². The van der Waals surface area contributed by atoms with Gasteiger partial charge >= 0.3 is 5.97 Å². The monoisotopic (exact) mass is 234 g/mol. The Kier molecular flexibility index (Phi) is 2.92. The van der Waals surface area contributed by atoms with Crippen molar-refractivity contribution in [1.29, 1.82) is 0 Å². The Labute approximate surface area is 96.6 Å². The first-order chi connectivity index (χ1) is 7.72. The van der Waals surface area contributed by atoms with Gasteiger partial charge in [-0.1, -0.05) is 18.2 Å². The number of carboxylic acid groups (broad SMARTS) is 1. The van der Waals surface area contributed by atoms with Gasteiger partial charge in [0.05, 0.1) is 13.4 Å². The molecular weight excluding hydrogens is 224 g/mol. The van der Waals surface area contributed by atoms with E-state index in [1.54, 1.807) is 0 Å². The van der Waals surface area contributed by atoms with Gasteiger partial charge in [-0.3, -0.25) is 0 Å². The fourth-order valence-electron chi connectivity index (χ4n) is 1.45. The summed E-state index contributed by atoms with van der Waals surface area (Å²) >= 11 is 1.44. The zero-order chi connectivity index (χ0) is 11.5. The highest BCUT2D eigenvalue weighted by molar-refractivity contribution is 7.20. The molecule has 0 spiro atoms. The lowest BCUT2D eigenvalue weighted by Crippen LogP contribution is -1.98. The minimum absolute atomic E-state index is 0.184. The summed E-state index contributed by atoms with van der Waals surface area (Å²) in [4.78, 5) is 11.7. The van der Waals surface area contributed by atoms with Crippen molar-refractivity contribution in [3.05, 3.63) is 41.5 Å². The van der Waals surface area contributed by atoms with E-state index < -0.39 is 5.97 Å². The molecule has 0 aliphatic carbocycles. The Morgan fingerprint density at radius 1 is 1.44 bits per heavy atom. The quantitative estimate of drug-likeness (QED) is 0.656. The average molecular weight is 234 g/mol. The zero-order valence-electron chi connectivity index (χ0n) is 8.64. The molecule has 2 aromatic rings. The SMILES string of the molecule is COC=C(C(=O)O)c1cc2ccccc2s1. The Bertz CT molecular complexity index is 521. The summed E-state index contributed by atoms with van der Waals surface area (Å²) < 4.78 is 5.85. The van der Waals surface area contributed by atoms with E-state index in [9.17, 15) is 4.79 Å². The number of aliphatic carboxylic acids is 1. The molecule has 0 atom stereocenters. The van der Waals surface area contributed by atoms with Crippen molar-refractivity contribution in [2.75, 3.05) is 7.11 Å². The van der Waals surface area contributed by atoms with Gasteiger partial charge in [-0.05, 0) is 17.5 Å². The van der Waals surface area contributed by atoms with Crippen LogP contribution in [-0.4, -0.2) is 18.2 Å². The van der Waals surface area contributed by atoms with Crippen molar-refractivity contribution in [2.24, 2.45) is 0 Å². The molecule has 1 N–H and O–H groups in total. The molecule has 1 heterocycles. The molecule has 0 unspecified atom stereocenters. The number of fused-ring (bicyclic) bond motifs is 1. The van der Waals surface area contributed by atoms with Crippen molar-refractivity contribution in [3.63, 3.8) is 0 Å². The summed E-state index contributed by atoms with van der Waals surface area (Å²) in [5.74, 6) is -0.978. The number of carboxylic acids is 1. The molecule has 0 bridgehead atoms. The lowest BCUT2D eigenvalue weighted by molar-refractivity contribution is -0.130. The maximum absolute atomic E-state index is 11.0. The minimum atomic E-state index is -0.978. The number of rotatable bonds is 3. The van der Waals surface area contributed by atoms with E-state index in [1.807, 2.05) is 30.3 Å². The first-order valence-electron chi connectivity index (χ1n) is 4.67. The Morgan fingerprint density at radius 2 is 2.19 bits per heavy atom. The topological polar surface area (TPSA) is 46.5 Å². The third-order valence-corrected chi connectivity index (χ3v) is 3.31. The number of ether oxygens (including phenoxy) is 1. The molecule has 0 amide bonds. The summed E-state index contributed by atoms with van der Waals surface area (Å²) in [6.07, 6.45) is 1.26. The second-order valence-electron chi connectivity index (χ2n) is 3.22. The van der Waals surface area contributed by atoms with E-state index in [1.165, 1.54) is 24.7 Å². The van der Waals surface area contributed by atoms with Crippen LogP contribution in [0.25, 0.3) is 15.7 Å². The lowest BCUT2D eigenvalue weighted by atomic mass is 10.2. The van der Waals surface area contributed by atoms with Crippen LogP contribution in [0.1, 0.15) is 4.88 Å².